The lowest BCUT2D eigenvalue weighted by Gasteiger charge is -2.28. The number of carbonyl (C=O) groups is 2. The maximum atomic E-state index is 12.8. The van der Waals surface area contributed by atoms with Crippen LogP contribution in [0.4, 0.5) is 0 Å². The van der Waals surface area contributed by atoms with Crippen molar-refractivity contribution in [1.82, 2.24) is 9.80 Å². The Kier molecular flexibility index (Phi) is 3.97. The molecule has 4 rings (SSSR count). The van der Waals surface area contributed by atoms with Crippen molar-refractivity contribution in [1.29, 1.82) is 0 Å². The first-order valence-electron chi connectivity index (χ1n) is 8.79. The Labute approximate surface area is 142 Å². The summed E-state index contributed by atoms with van der Waals surface area (Å²) in [7, 11) is 0. The van der Waals surface area contributed by atoms with Crippen molar-refractivity contribution in [2.75, 3.05) is 19.6 Å². The molecule has 4 heteroatoms. The van der Waals surface area contributed by atoms with E-state index in [0.29, 0.717) is 6.42 Å². The molecule has 0 saturated carbocycles. The van der Waals surface area contributed by atoms with E-state index in [2.05, 4.69) is 36.4 Å². The van der Waals surface area contributed by atoms with Crippen LogP contribution in [0.2, 0.25) is 0 Å². The molecule has 2 fully saturated rings. The summed E-state index contributed by atoms with van der Waals surface area (Å²) in [6, 6.07) is 14.8. The fourth-order valence-electron chi connectivity index (χ4n) is 4.05. The molecule has 1 atom stereocenters. The van der Waals surface area contributed by atoms with E-state index in [9.17, 15) is 9.59 Å². The number of nitrogens with zero attached hydrogens (tertiary/aromatic N) is 2. The zero-order chi connectivity index (χ0) is 16.5. The molecule has 0 aromatic heterocycles. The van der Waals surface area contributed by atoms with Gasteiger partial charge in [0, 0.05) is 19.5 Å². The van der Waals surface area contributed by atoms with E-state index in [1.165, 1.54) is 16.3 Å². The molecule has 2 aliphatic rings. The Bertz CT molecular complexity index is 781. The monoisotopic (exact) mass is 322 g/mol. The predicted molar refractivity (Wildman–Crippen MR) is 93.5 cm³/mol. The Morgan fingerprint density at radius 2 is 1.88 bits per heavy atom. The summed E-state index contributed by atoms with van der Waals surface area (Å²) < 4.78 is 0. The smallest absolute Gasteiger partial charge is 0.242 e. The first-order valence-corrected chi connectivity index (χ1v) is 8.79. The van der Waals surface area contributed by atoms with Crippen molar-refractivity contribution >= 4 is 22.6 Å². The lowest BCUT2D eigenvalue weighted by molar-refractivity contribution is -0.139. The minimum absolute atomic E-state index is 0.0840. The van der Waals surface area contributed by atoms with Gasteiger partial charge in [-0.15, -0.1) is 0 Å². The van der Waals surface area contributed by atoms with Crippen molar-refractivity contribution < 1.29 is 9.59 Å². The van der Waals surface area contributed by atoms with Crippen molar-refractivity contribution in [3.8, 4) is 0 Å². The third-order valence-corrected chi connectivity index (χ3v) is 5.25. The van der Waals surface area contributed by atoms with E-state index in [-0.39, 0.29) is 24.4 Å². The molecular formula is C20H22N2O2. The summed E-state index contributed by atoms with van der Waals surface area (Å²) in [5, 5.41) is 2.44. The maximum Gasteiger partial charge on any atom is 0.242 e. The molecule has 2 aromatic rings. The van der Waals surface area contributed by atoms with Crippen LogP contribution < -0.4 is 0 Å². The Balaban J connectivity index is 1.60. The van der Waals surface area contributed by atoms with Gasteiger partial charge in [0.2, 0.25) is 11.8 Å². The molecule has 24 heavy (non-hydrogen) atoms. The van der Waals surface area contributed by atoms with Gasteiger partial charge in [-0.05, 0) is 35.6 Å². The van der Waals surface area contributed by atoms with Gasteiger partial charge in [-0.1, -0.05) is 42.5 Å². The lowest BCUT2D eigenvalue weighted by Crippen LogP contribution is -2.40. The number of amides is 2. The zero-order valence-corrected chi connectivity index (χ0v) is 13.8. The van der Waals surface area contributed by atoms with E-state index in [1.807, 2.05) is 11.0 Å². The molecule has 2 heterocycles. The van der Waals surface area contributed by atoms with Crippen molar-refractivity contribution in [2.24, 2.45) is 0 Å². The highest BCUT2D eigenvalue weighted by molar-refractivity contribution is 5.88. The minimum atomic E-state index is 0.0840. The molecule has 0 N–H and O–H groups in total. The summed E-state index contributed by atoms with van der Waals surface area (Å²) in [4.78, 5) is 28.3. The van der Waals surface area contributed by atoms with Crippen LogP contribution in [0.15, 0.2) is 42.5 Å². The summed E-state index contributed by atoms with van der Waals surface area (Å²) in [6.07, 6.45) is 3.47. The van der Waals surface area contributed by atoms with Crippen LogP contribution in [0.25, 0.3) is 10.8 Å². The van der Waals surface area contributed by atoms with Crippen LogP contribution in [0, 0.1) is 0 Å². The first kappa shape index (κ1) is 15.2. The van der Waals surface area contributed by atoms with Gasteiger partial charge < -0.3 is 9.80 Å². The lowest BCUT2D eigenvalue weighted by atomic mass is 9.97. The van der Waals surface area contributed by atoms with Crippen molar-refractivity contribution in [3.63, 3.8) is 0 Å². The molecule has 0 spiro atoms. The van der Waals surface area contributed by atoms with Gasteiger partial charge in [0.1, 0.15) is 0 Å². The average molecular weight is 322 g/mol. The standard InChI is InChI=1S/C20H22N2O2/c23-19-11-5-12-21(19)14-20(24)22-13-4-10-18(22)17-9-3-7-15-6-1-2-8-16(15)17/h1-3,6-9,18H,4-5,10-14H2. The molecule has 0 aliphatic carbocycles. The molecule has 124 valence electrons. The van der Waals surface area contributed by atoms with E-state index >= 15 is 0 Å². The average Bonchev–Trinajstić information content (AvgIpc) is 3.24. The second-order valence-electron chi connectivity index (χ2n) is 6.73. The number of benzene rings is 2. The normalized spacial score (nSPS) is 21.0. The van der Waals surface area contributed by atoms with Gasteiger partial charge in [0.05, 0.1) is 12.6 Å². The van der Waals surface area contributed by atoms with E-state index in [1.54, 1.807) is 4.90 Å². The van der Waals surface area contributed by atoms with Crippen molar-refractivity contribution in [2.45, 2.75) is 31.7 Å². The number of hydrogen-bond acceptors (Lipinski definition) is 2. The Hall–Kier alpha value is -2.36. The van der Waals surface area contributed by atoms with Gasteiger partial charge >= 0.3 is 0 Å². The second kappa shape index (κ2) is 6.27. The molecule has 2 aromatic carbocycles. The van der Waals surface area contributed by atoms with Crippen LogP contribution in [0.1, 0.15) is 37.3 Å². The highest BCUT2D eigenvalue weighted by Crippen LogP contribution is 2.36. The second-order valence-corrected chi connectivity index (χ2v) is 6.73. The number of rotatable bonds is 3. The van der Waals surface area contributed by atoms with Crippen LogP contribution in [0.5, 0.6) is 0 Å². The number of likely N-dealkylation sites (tertiary alicyclic amines) is 2. The molecule has 1 unspecified atom stereocenters. The third kappa shape index (κ3) is 2.66. The topological polar surface area (TPSA) is 40.6 Å². The highest BCUT2D eigenvalue weighted by atomic mass is 16.2. The third-order valence-electron chi connectivity index (χ3n) is 5.25. The predicted octanol–water partition coefficient (Wildman–Crippen LogP) is 3.13. The molecule has 2 amide bonds. The summed E-state index contributed by atoms with van der Waals surface area (Å²) in [5.41, 5.74) is 1.23. The summed E-state index contributed by atoms with van der Waals surface area (Å²) >= 11 is 0. The minimum Gasteiger partial charge on any atom is -0.334 e. The first-order chi connectivity index (χ1) is 11.7. The van der Waals surface area contributed by atoms with Crippen LogP contribution in [0.3, 0.4) is 0 Å². The van der Waals surface area contributed by atoms with E-state index in [4.69, 9.17) is 0 Å². The molecule has 0 radical (unpaired) electrons. The largest absolute Gasteiger partial charge is 0.334 e. The summed E-state index contributed by atoms with van der Waals surface area (Å²) in [6.45, 7) is 1.74. The highest BCUT2D eigenvalue weighted by Gasteiger charge is 2.33. The van der Waals surface area contributed by atoms with Crippen LogP contribution >= 0.6 is 0 Å². The van der Waals surface area contributed by atoms with Gasteiger partial charge in [-0.25, -0.2) is 0 Å². The van der Waals surface area contributed by atoms with E-state index < -0.39 is 0 Å². The molecule has 0 bridgehead atoms. The van der Waals surface area contributed by atoms with Gasteiger partial charge in [0.25, 0.3) is 0 Å². The quantitative estimate of drug-likeness (QED) is 0.871. The van der Waals surface area contributed by atoms with Crippen LogP contribution in [-0.2, 0) is 9.59 Å². The Morgan fingerprint density at radius 1 is 1.04 bits per heavy atom. The number of hydrogen-bond donors (Lipinski definition) is 0. The maximum absolute atomic E-state index is 12.8. The Morgan fingerprint density at radius 3 is 2.71 bits per heavy atom. The SMILES string of the molecule is O=C1CCCN1CC(=O)N1CCCC1c1cccc2ccccc12. The summed E-state index contributed by atoms with van der Waals surface area (Å²) in [5.74, 6) is 0.199. The van der Waals surface area contributed by atoms with Gasteiger partial charge in [0.15, 0.2) is 0 Å². The molecule has 2 aliphatic heterocycles. The number of carbonyl (C=O) groups excluding carboxylic acids is 2. The number of fused-ring (bicyclic) bond motifs is 1. The van der Waals surface area contributed by atoms with Crippen molar-refractivity contribution in [3.05, 3.63) is 48.0 Å². The van der Waals surface area contributed by atoms with Gasteiger partial charge in [-0.3, -0.25) is 9.59 Å². The zero-order valence-electron chi connectivity index (χ0n) is 13.8. The van der Waals surface area contributed by atoms with E-state index in [0.717, 1.165) is 32.4 Å². The fraction of sp³-hybridized carbons (Fsp3) is 0.400. The molecular weight excluding hydrogens is 300 g/mol. The van der Waals surface area contributed by atoms with Gasteiger partial charge in [-0.2, -0.15) is 0 Å². The van der Waals surface area contributed by atoms with Crippen LogP contribution in [-0.4, -0.2) is 41.2 Å². The fourth-order valence-corrected chi connectivity index (χ4v) is 4.05. The molecule has 4 nitrogen and oxygen atoms in total. The molecule has 2 saturated heterocycles.